The van der Waals surface area contributed by atoms with Crippen molar-refractivity contribution in [2.75, 3.05) is 26.3 Å². The molecule has 1 unspecified atom stereocenters. The number of aryl methyl sites for hydroxylation is 1. The van der Waals surface area contributed by atoms with Gasteiger partial charge in [0.1, 0.15) is 11.6 Å². The number of carbonyl (C=O) groups excluding carboxylic acids is 1. The highest BCUT2D eigenvalue weighted by molar-refractivity contribution is 5.77. The summed E-state index contributed by atoms with van der Waals surface area (Å²) in [4.78, 5) is 26.8. The predicted molar refractivity (Wildman–Crippen MR) is 126 cm³/mol. The number of benzene rings is 1. The number of hydrogen-bond acceptors (Lipinski definition) is 5. The lowest BCUT2D eigenvalue weighted by atomic mass is 9.78. The van der Waals surface area contributed by atoms with E-state index in [1.807, 2.05) is 41.3 Å². The summed E-state index contributed by atoms with van der Waals surface area (Å²) in [5.41, 5.74) is 1.90. The Kier molecular flexibility index (Phi) is 6.58. The summed E-state index contributed by atoms with van der Waals surface area (Å²) in [6.45, 7) is 3.06. The zero-order chi connectivity index (χ0) is 22.5. The summed E-state index contributed by atoms with van der Waals surface area (Å²) in [5.74, 6) is 2.52. The predicted octanol–water partition coefficient (Wildman–Crippen LogP) is 4.15. The number of aromatic amines is 1. The van der Waals surface area contributed by atoms with Crippen LogP contribution in [0.15, 0.2) is 48.8 Å². The van der Waals surface area contributed by atoms with Crippen LogP contribution in [0, 0.1) is 5.92 Å². The third kappa shape index (κ3) is 5.36. The van der Waals surface area contributed by atoms with Crippen LogP contribution in [0.3, 0.4) is 0 Å². The molecule has 0 aliphatic carbocycles. The number of ether oxygens (including phenoxy) is 2. The van der Waals surface area contributed by atoms with Crippen molar-refractivity contribution < 1.29 is 14.3 Å². The maximum absolute atomic E-state index is 12.8. The number of piperidine rings is 1. The molecule has 2 aliphatic rings. The normalized spacial score (nSPS) is 20.2. The van der Waals surface area contributed by atoms with E-state index in [0.29, 0.717) is 25.4 Å². The maximum atomic E-state index is 12.8. The van der Waals surface area contributed by atoms with E-state index in [2.05, 4.69) is 15.0 Å². The first-order valence-corrected chi connectivity index (χ1v) is 12.1. The highest BCUT2D eigenvalue weighted by Crippen LogP contribution is 2.39. The first-order chi connectivity index (χ1) is 16.2. The van der Waals surface area contributed by atoms with Gasteiger partial charge in [0, 0.05) is 38.7 Å². The number of pyridine rings is 1. The minimum atomic E-state index is -0.0767. The lowest BCUT2D eigenvalue weighted by molar-refractivity contribution is -0.147. The SMILES string of the molecule is O=C(CCc1nc2ccccc2[nH]1)N1CCC2(CC1)CC(CCOc1cccnc1)CCO2. The minimum absolute atomic E-state index is 0.0767. The van der Waals surface area contributed by atoms with Crippen molar-refractivity contribution in [1.82, 2.24) is 19.9 Å². The van der Waals surface area contributed by atoms with Gasteiger partial charge in [-0.3, -0.25) is 9.78 Å². The first-order valence-electron chi connectivity index (χ1n) is 12.1. The van der Waals surface area contributed by atoms with E-state index in [1.54, 1.807) is 12.4 Å². The molecule has 4 heterocycles. The smallest absolute Gasteiger partial charge is 0.223 e. The monoisotopic (exact) mass is 448 g/mol. The van der Waals surface area contributed by atoms with Gasteiger partial charge in [-0.25, -0.2) is 4.98 Å². The fraction of sp³-hybridized carbons (Fsp3) is 0.500. The number of nitrogens with one attached hydrogen (secondary N) is 1. The number of imidazole rings is 1. The second kappa shape index (κ2) is 9.91. The summed E-state index contributed by atoms with van der Waals surface area (Å²) >= 11 is 0. The Hall–Kier alpha value is -2.93. The molecule has 0 bridgehead atoms. The summed E-state index contributed by atoms with van der Waals surface area (Å²) in [6, 6.07) is 11.8. The van der Waals surface area contributed by atoms with Crippen LogP contribution in [-0.2, 0) is 16.0 Å². The van der Waals surface area contributed by atoms with Crippen LogP contribution in [0.25, 0.3) is 11.0 Å². The van der Waals surface area contributed by atoms with Crippen molar-refractivity contribution in [3.63, 3.8) is 0 Å². The molecule has 33 heavy (non-hydrogen) atoms. The van der Waals surface area contributed by atoms with E-state index < -0.39 is 0 Å². The van der Waals surface area contributed by atoms with E-state index in [0.717, 1.165) is 74.4 Å². The van der Waals surface area contributed by atoms with Crippen LogP contribution in [-0.4, -0.2) is 57.7 Å². The molecular weight excluding hydrogens is 416 g/mol. The number of hydrogen-bond donors (Lipinski definition) is 1. The van der Waals surface area contributed by atoms with E-state index in [-0.39, 0.29) is 11.5 Å². The molecule has 2 fully saturated rings. The van der Waals surface area contributed by atoms with Gasteiger partial charge in [-0.15, -0.1) is 0 Å². The van der Waals surface area contributed by atoms with E-state index in [1.165, 1.54) is 0 Å². The van der Waals surface area contributed by atoms with Crippen LogP contribution in [0.2, 0.25) is 0 Å². The van der Waals surface area contributed by atoms with Crippen molar-refractivity contribution in [2.24, 2.45) is 5.92 Å². The van der Waals surface area contributed by atoms with Crippen LogP contribution < -0.4 is 4.74 Å². The average molecular weight is 449 g/mol. The van der Waals surface area contributed by atoms with Gasteiger partial charge in [0.25, 0.3) is 0 Å². The Morgan fingerprint density at radius 3 is 2.91 bits per heavy atom. The van der Waals surface area contributed by atoms with Gasteiger partial charge in [-0.1, -0.05) is 12.1 Å². The van der Waals surface area contributed by atoms with Gasteiger partial charge in [-0.2, -0.15) is 0 Å². The largest absolute Gasteiger partial charge is 0.492 e. The van der Waals surface area contributed by atoms with Crippen molar-refractivity contribution in [1.29, 1.82) is 0 Å². The molecule has 1 spiro atoms. The topological polar surface area (TPSA) is 80.3 Å². The van der Waals surface area contributed by atoms with Gasteiger partial charge in [-0.05, 0) is 62.3 Å². The van der Waals surface area contributed by atoms with E-state index in [4.69, 9.17) is 9.47 Å². The molecule has 3 aromatic rings. The fourth-order valence-corrected chi connectivity index (χ4v) is 5.17. The zero-order valence-electron chi connectivity index (χ0n) is 19.0. The standard InChI is InChI=1S/C26H32N4O3/c31-25(8-7-24-28-22-5-1-2-6-23(22)29-24)30-14-11-26(12-15-30)18-20(10-17-33-26)9-16-32-21-4-3-13-27-19-21/h1-6,13,19-20H,7-12,14-18H2,(H,28,29). The fourth-order valence-electron chi connectivity index (χ4n) is 5.17. The van der Waals surface area contributed by atoms with Crippen LogP contribution >= 0.6 is 0 Å². The summed E-state index contributed by atoms with van der Waals surface area (Å²) in [7, 11) is 0. The van der Waals surface area contributed by atoms with Crippen LogP contribution in [0.4, 0.5) is 0 Å². The van der Waals surface area contributed by atoms with Crippen LogP contribution in [0.5, 0.6) is 5.75 Å². The second-order valence-corrected chi connectivity index (χ2v) is 9.30. The summed E-state index contributed by atoms with van der Waals surface area (Å²) < 4.78 is 12.1. The Balaban J connectivity index is 1.07. The van der Waals surface area contributed by atoms with Gasteiger partial charge < -0.3 is 19.4 Å². The number of H-pyrrole nitrogens is 1. The molecule has 7 heteroatoms. The average Bonchev–Trinajstić information content (AvgIpc) is 3.27. The number of carbonyl (C=O) groups is 1. The highest BCUT2D eigenvalue weighted by atomic mass is 16.5. The molecule has 2 saturated heterocycles. The quantitative estimate of drug-likeness (QED) is 0.587. The molecule has 7 nitrogen and oxygen atoms in total. The molecule has 174 valence electrons. The molecule has 2 aliphatic heterocycles. The van der Waals surface area contributed by atoms with Crippen LogP contribution in [0.1, 0.15) is 44.3 Å². The van der Waals surface area contributed by atoms with Crippen molar-refractivity contribution >= 4 is 16.9 Å². The molecule has 2 aromatic heterocycles. The Morgan fingerprint density at radius 2 is 2.09 bits per heavy atom. The Morgan fingerprint density at radius 1 is 1.21 bits per heavy atom. The number of fused-ring (bicyclic) bond motifs is 1. The number of likely N-dealkylation sites (tertiary alicyclic amines) is 1. The third-order valence-corrected chi connectivity index (χ3v) is 7.07. The second-order valence-electron chi connectivity index (χ2n) is 9.30. The number of rotatable bonds is 7. The molecule has 0 radical (unpaired) electrons. The summed E-state index contributed by atoms with van der Waals surface area (Å²) in [6.07, 6.45) is 9.65. The lowest BCUT2D eigenvalue weighted by Gasteiger charge is -2.46. The number of aromatic nitrogens is 3. The highest BCUT2D eigenvalue weighted by Gasteiger charge is 2.40. The molecule has 5 rings (SSSR count). The van der Waals surface area contributed by atoms with Gasteiger partial charge in [0.05, 0.1) is 29.4 Å². The summed E-state index contributed by atoms with van der Waals surface area (Å²) in [5, 5.41) is 0. The number of para-hydroxylation sites is 2. The molecule has 0 saturated carbocycles. The number of amides is 1. The van der Waals surface area contributed by atoms with Gasteiger partial charge in [0.15, 0.2) is 0 Å². The molecule has 1 amide bonds. The van der Waals surface area contributed by atoms with Gasteiger partial charge >= 0.3 is 0 Å². The van der Waals surface area contributed by atoms with E-state index in [9.17, 15) is 4.79 Å². The molecule has 1 atom stereocenters. The van der Waals surface area contributed by atoms with Crippen molar-refractivity contribution in [3.05, 3.63) is 54.6 Å². The number of nitrogens with zero attached hydrogens (tertiary/aromatic N) is 3. The van der Waals surface area contributed by atoms with Crippen molar-refractivity contribution in [2.45, 2.75) is 50.5 Å². The van der Waals surface area contributed by atoms with Gasteiger partial charge in [0.2, 0.25) is 5.91 Å². The Bertz CT molecular complexity index is 1030. The van der Waals surface area contributed by atoms with E-state index >= 15 is 0 Å². The molecule has 1 N–H and O–H groups in total. The lowest BCUT2D eigenvalue weighted by Crippen LogP contribution is -2.51. The van der Waals surface area contributed by atoms with Crippen molar-refractivity contribution in [3.8, 4) is 5.75 Å². The molecular formula is C26H32N4O3. The maximum Gasteiger partial charge on any atom is 0.223 e. The first kappa shape index (κ1) is 21.9. The Labute approximate surface area is 194 Å². The molecule has 1 aromatic carbocycles. The zero-order valence-corrected chi connectivity index (χ0v) is 19.0. The minimum Gasteiger partial charge on any atom is -0.492 e. The third-order valence-electron chi connectivity index (χ3n) is 7.07.